The molecule has 1 fully saturated rings. The highest BCUT2D eigenvalue weighted by Crippen LogP contribution is 2.18. The number of hydrogen-bond acceptors (Lipinski definition) is 5. The first-order valence-corrected chi connectivity index (χ1v) is 5.47. The molecule has 1 amide bonds. The summed E-state index contributed by atoms with van der Waals surface area (Å²) < 4.78 is 0. The molecule has 92 valence electrons. The van der Waals surface area contributed by atoms with Gasteiger partial charge in [0.05, 0.1) is 0 Å². The number of carbonyl (C=O) groups is 1. The predicted molar refractivity (Wildman–Crippen MR) is 63.3 cm³/mol. The number of anilines is 2. The van der Waals surface area contributed by atoms with E-state index in [1.165, 1.54) is 4.90 Å². The second-order valence-corrected chi connectivity index (χ2v) is 4.05. The number of piperazine rings is 1. The Balaban J connectivity index is 2.07. The number of hydrogen-bond donors (Lipinski definition) is 2. The van der Waals surface area contributed by atoms with E-state index in [4.69, 9.17) is 22.4 Å². The third-order valence-corrected chi connectivity index (χ3v) is 2.77. The van der Waals surface area contributed by atoms with Gasteiger partial charge < -0.3 is 20.6 Å². The lowest BCUT2D eigenvalue weighted by Crippen LogP contribution is -2.48. The SMILES string of the molecule is Nc1nc(Cl)cc(N2CCN(C(=O)O)CC2)n1. The van der Waals surface area contributed by atoms with Crippen molar-refractivity contribution in [2.75, 3.05) is 36.8 Å². The van der Waals surface area contributed by atoms with E-state index >= 15 is 0 Å². The van der Waals surface area contributed by atoms with Crippen LogP contribution in [0.3, 0.4) is 0 Å². The van der Waals surface area contributed by atoms with Crippen LogP contribution < -0.4 is 10.6 Å². The molecule has 1 aromatic heterocycles. The van der Waals surface area contributed by atoms with Crippen molar-refractivity contribution >= 4 is 29.5 Å². The summed E-state index contributed by atoms with van der Waals surface area (Å²) in [6, 6.07) is 1.62. The molecular formula is C9H12ClN5O2. The first-order valence-electron chi connectivity index (χ1n) is 5.09. The molecule has 2 rings (SSSR count). The third kappa shape index (κ3) is 2.68. The van der Waals surface area contributed by atoms with E-state index in [0.717, 1.165) is 0 Å². The Hall–Kier alpha value is -1.76. The molecule has 2 heterocycles. The molecule has 1 aromatic rings. The molecule has 0 radical (unpaired) electrons. The molecular weight excluding hydrogens is 246 g/mol. The first kappa shape index (κ1) is 11.7. The summed E-state index contributed by atoms with van der Waals surface area (Å²) >= 11 is 5.79. The molecule has 1 aliphatic heterocycles. The average molecular weight is 258 g/mol. The van der Waals surface area contributed by atoms with Gasteiger partial charge in [-0.05, 0) is 0 Å². The van der Waals surface area contributed by atoms with E-state index in [-0.39, 0.29) is 11.1 Å². The van der Waals surface area contributed by atoms with Crippen molar-refractivity contribution in [1.82, 2.24) is 14.9 Å². The third-order valence-electron chi connectivity index (χ3n) is 2.57. The van der Waals surface area contributed by atoms with Crippen LogP contribution in [0.1, 0.15) is 0 Å². The van der Waals surface area contributed by atoms with Crippen LogP contribution >= 0.6 is 11.6 Å². The van der Waals surface area contributed by atoms with Crippen LogP contribution in [-0.4, -0.2) is 52.2 Å². The van der Waals surface area contributed by atoms with Crippen LogP contribution in [0, 0.1) is 0 Å². The zero-order chi connectivity index (χ0) is 12.4. The minimum atomic E-state index is -0.898. The smallest absolute Gasteiger partial charge is 0.407 e. The highest BCUT2D eigenvalue weighted by Gasteiger charge is 2.21. The number of amides is 1. The van der Waals surface area contributed by atoms with Gasteiger partial charge in [-0.1, -0.05) is 11.6 Å². The summed E-state index contributed by atoms with van der Waals surface area (Å²) in [5.74, 6) is 0.751. The maximum Gasteiger partial charge on any atom is 0.407 e. The lowest BCUT2D eigenvalue weighted by Gasteiger charge is -2.33. The van der Waals surface area contributed by atoms with Crippen molar-refractivity contribution in [3.05, 3.63) is 11.2 Å². The molecule has 0 aromatic carbocycles. The fourth-order valence-electron chi connectivity index (χ4n) is 1.71. The molecule has 17 heavy (non-hydrogen) atoms. The Morgan fingerprint density at radius 2 is 2.00 bits per heavy atom. The van der Waals surface area contributed by atoms with E-state index in [0.29, 0.717) is 32.0 Å². The Morgan fingerprint density at radius 1 is 1.35 bits per heavy atom. The fourth-order valence-corrected chi connectivity index (χ4v) is 1.90. The van der Waals surface area contributed by atoms with Crippen molar-refractivity contribution in [3.8, 4) is 0 Å². The van der Waals surface area contributed by atoms with Crippen molar-refractivity contribution in [2.24, 2.45) is 0 Å². The largest absolute Gasteiger partial charge is 0.465 e. The number of nitrogens with two attached hydrogens (primary N) is 1. The summed E-state index contributed by atoms with van der Waals surface area (Å²) in [7, 11) is 0. The van der Waals surface area contributed by atoms with Gasteiger partial charge in [0.15, 0.2) is 0 Å². The molecule has 0 saturated carbocycles. The summed E-state index contributed by atoms with van der Waals surface area (Å²) in [4.78, 5) is 21.9. The van der Waals surface area contributed by atoms with Crippen molar-refractivity contribution < 1.29 is 9.90 Å². The maximum atomic E-state index is 10.7. The van der Waals surface area contributed by atoms with Crippen molar-refractivity contribution in [3.63, 3.8) is 0 Å². The van der Waals surface area contributed by atoms with Crippen LogP contribution in [0.15, 0.2) is 6.07 Å². The lowest BCUT2D eigenvalue weighted by molar-refractivity contribution is 0.142. The molecule has 0 spiro atoms. The Kier molecular flexibility index (Phi) is 3.19. The van der Waals surface area contributed by atoms with E-state index in [9.17, 15) is 4.79 Å². The van der Waals surface area contributed by atoms with Crippen LogP contribution in [0.5, 0.6) is 0 Å². The second kappa shape index (κ2) is 4.62. The number of carboxylic acid groups (broad SMARTS) is 1. The minimum Gasteiger partial charge on any atom is -0.465 e. The molecule has 0 bridgehead atoms. The zero-order valence-corrected chi connectivity index (χ0v) is 9.76. The van der Waals surface area contributed by atoms with Crippen LogP contribution in [0.4, 0.5) is 16.6 Å². The molecule has 7 nitrogen and oxygen atoms in total. The van der Waals surface area contributed by atoms with Gasteiger partial charge in [-0.2, -0.15) is 4.98 Å². The van der Waals surface area contributed by atoms with E-state index in [2.05, 4.69) is 9.97 Å². The van der Waals surface area contributed by atoms with Gasteiger partial charge in [-0.3, -0.25) is 0 Å². The topological polar surface area (TPSA) is 95.6 Å². The number of nitrogens with zero attached hydrogens (tertiary/aromatic N) is 4. The molecule has 8 heteroatoms. The molecule has 0 atom stereocenters. The number of rotatable bonds is 1. The molecule has 3 N–H and O–H groups in total. The molecule has 0 unspecified atom stereocenters. The second-order valence-electron chi connectivity index (χ2n) is 3.66. The van der Waals surface area contributed by atoms with Crippen LogP contribution in [-0.2, 0) is 0 Å². The van der Waals surface area contributed by atoms with Gasteiger partial charge in [0.1, 0.15) is 11.0 Å². The quantitative estimate of drug-likeness (QED) is 0.712. The molecule has 1 aliphatic rings. The fraction of sp³-hybridized carbons (Fsp3) is 0.444. The standard InChI is InChI=1S/C9H12ClN5O2/c10-6-5-7(13-8(11)12-6)14-1-3-15(4-2-14)9(16)17/h5H,1-4H2,(H,16,17)(H2,11,12,13). The molecule has 0 aliphatic carbocycles. The summed E-state index contributed by atoms with van der Waals surface area (Å²) in [6.45, 7) is 2.02. The zero-order valence-electron chi connectivity index (χ0n) is 9.01. The highest BCUT2D eigenvalue weighted by atomic mass is 35.5. The van der Waals surface area contributed by atoms with Gasteiger partial charge in [0, 0.05) is 32.2 Å². The Morgan fingerprint density at radius 3 is 2.53 bits per heavy atom. The van der Waals surface area contributed by atoms with E-state index in [1.54, 1.807) is 6.07 Å². The van der Waals surface area contributed by atoms with Crippen LogP contribution in [0.25, 0.3) is 0 Å². The number of nitrogen functional groups attached to an aromatic ring is 1. The van der Waals surface area contributed by atoms with E-state index in [1.807, 2.05) is 4.90 Å². The highest BCUT2D eigenvalue weighted by molar-refractivity contribution is 6.29. The number of halogens is 1. The summed E-state index contributed by atoms with van der Waals surface area (Å²) in [6.07, 6.45) is -0.898. The maximum absolute atomic E-state index is 10.7. The number of aromatic nitrogens is 2. The van der Waals surface area contributed by atoms with Crippen molar-refractivity contribution in [2.45, 2.75) is 0 Å². The van der Waals surface area contributed by atoms with Crippen LogP contribution in [0.2, 0.25) is 5.15 Å². The lowest BCUT2D eigenvalue weighted by atomic mass is 10.3. The normalized spacial score (nSPS) is 16.1. The summed E-state index contributed by atoms with van der Waals surface area (Å²) in [5, 5.41) is 9.11. The van der Waals surface area contributed by atoms with Gasteiger partial charge in [-0.25, -0.2) is 9.78 Å². The molecule has 1 saturated heterocycles. The average Bonchev–Trinajstić information content (AvgIpc) is 2.28. The van der Waals surface area contributed by atoms with Crippen molar-refractivity contribution in [1.29, 1.82) is 0 Å². The first-order chi connectivity index (χ1) is 8.06. The van der Waals surface area contributed by atoms with Gasteiger partial charge >= 0.3 is 6.09 Å². The predicted octanol–water partition coefficient (Wildman–Crippen LogP) is 0.512. The Labute approximate surface area is 103 Å². The Bertz CT molecular complexity index is 413. The van der Waals surface area contributed by atoms with E-state index < -0.39 is 6.09 Å². The summed E-state index contributed by atoms with van der Waals surface area (Å²) in [5.41, 5.74) is 5.50. The van der Waals surface area contributed by atoms with Gasteiger partial charge in [0.2, 0.25) is 5.95 Å². The monoisotopic (exact) mass is 257 g/mol. The minimum absolute atomic E-state index is 0.119. The van der Waals surface area contributed by atoms with Gasteiger partial charge in [0.25, 0.3) is 0 Å². The van der Waals surface area contributed by atoms with Gasteiger partial charge in [-0.15, -0.1) is 0 Å².